The molecule has 0 bridgehead atoms. The molecule has 6 nitrogen and oxygen atoms in total. The third kappa shape index (κ3) is 5.39. The molecule has 1 heterocycles. The van der Waals surface area contributed by atoms with Crippen molar-refractivity contribution in [3.63, 3.8) is 0 Å². The quantitative estimate of drug-likeness (QED) is 0.532. The Morgan fingerprint density at radius 1 is 1.03 bits per heavy atom. The van der Waals surface area contributed by atoms with Gasteiger partial charge in [0, 0.05) is 37.5 Å². The minimum absolute atomic E-state index is 0.0150. The lowest BCUT2D eigenvalue weighted by atomic mass is 10.00. The van der Waals surface area contributed by atoms with Crippen molar-refractivity contribution in [1.29, 1.82) is 0 Å². The summed E-state index contributed by atoms with van der Waals surface area (Å²) in [5, 5.41) is 6.29. The monoisotopic (exact) mass is 408 g/mol. The number of benzene rings is 2. The molecule has 0 saturated carbocycles. The molecule has 3 aromatic rings. The van der Waals surface area contributed by atoms with Crippen LogP contribution in [0.4, 0.5) is 4.39 Å². The summed E-state index contributed by atoms with van der Waals surface area (Å²) < 4.78 is 13.8. The van der Waals surface area contributed by atoms with Gasteiger partial charge < -0.3 is 16.4 Å². The van der Waals surface area contributed by atoms with Crippen molar-refractivity contribution < 1.29 is 14.0 Å². The van der Waals surface area contributed by atoms with Crippen LogP contribution >= 0.6 is 0 Å². The predicted molar refractivity (Wildman–Crippen MR) is 114 cm³/mol. The lowest BCUT2D eigenvalue weighted by Gasteiger charge is -2.20. The van der Waals surface area contributed by atoms with Gasteiger partial charge in [-0.05, 0) is 35.7 Å². The fraction of sp³-hybridized carbons (Fsp3) is 0.261. The summed E-state index contributed by atoms with van der Waals surface area (Å²) in [7, 11) is 1.52. The summed E-state index contributed by atoms with van der Waals surface area (Å²) in [6, 6.07) is 14.5. The first-order valence-electron chi connectivity index (χ1n) is 9.80. The van der Waals surface area contributed by atoms with E-state index in [9.17, 15) is 14.0 Å². The molecule has 0 spiro atoms. The highest BCUT2D eigenvalue weighted by atomic mass is 19.1. The van der Waals surface area contributed by atoms with Crippen molar-refractivity contribution in [2.75, 3.05) is 7.05 Å². The van der Waals surface area contributed by atoms with Crippen LogP contribution in [0.15, 0.2) is 60.8 Å². The average Bonchev–Trinajstić information content (AvgIpc) is 2.74. The third-order valence-electron chi connectivity index (χ3n) is 4.95. The highest BCUT2D eigenvalue weighted by Crippen LogP contribution is 2.18. The zero-order valence-corrected chi connectivity index (χ0v) is 16.8. The number of carbonyl (C=O) groups excluding carboxylic acids is 2. The van der Waals surface area contributed by atoms with E-state index in [-0.39, 0.29) is 30.5 Å². The fourth-order valence-electron chi connectivity index (χ4n) is 3.45. The Kier molecular flexibility index (Phi) is 7.08. The van der Waals surface area contributed by atoms with Crippen LogP contribution in [0, 0.1) is 5.82 Å². The van der Waals surface area contributed by atoms with Gasteiger partial charge in [-0.3, -0.25) is 14.6 Å². The minimum atomic E-state index is -0.756. The molecule has 4 N–H and O–H groups in total. The third-order valence-corrected chi connectivity index (χ3v) is 4.95. The number of hydrogen-bond acceptors (Lipinski definition) is 4. The van der Waals surface area contributed by atoms with Crippen molar-refractivity contribution in [1.82, 2.24) is 15.6 Å². The van der Waals surface area contributed by atoms with E-state index in [1.165, 1.54) is 13.1 Å². The molecule has 1 aromatic heterocycles. The molecule has 3 rings (SSSR count). The van der Waals surface area contributed by atoms with Gasteiger partial charge in [0.05, 0.1) is 5.52 Å². The van der Waals surface area contributed by atoms with Gasteiger partial charge in [0.1, 0.15) is 11.9 Å². The van der Waals surface area contributed by atoms with Gasteiger partial charge >= 0.3 is 0 Å². The van der Waals surface area contributed by atoms with Crippen LogP contribution in [-0.4, -0.2) is 35.9 Å². The zero-order chi connectivity index (χ0) is 21.5. The van der Waals surface area contributed by atoms with E-state index in [4.69, 9.17) is 5.73 Å². The normalized spacial score (nSPS) is 12.9. The van der Waals surface area contributed by atoms with E-state index in [2.05, 4.69) is 15.6 Å². The topological polar surface area (TPSA) is 97.1 Å². The molecule has 156 valence electrons. The van der Waals surface area contributed by atoms with E-state index < -0.39 is 12.1 Å². The average molecular weight is 408 g/mol. The van der Waals surface area contributed by atoms with Gasteiger partial charge in [-0.1, -0.05) is 36.4 Å². The van der Waals surface area contributed by atoms with Gasteiger partial charge in [0.25, 0.3) is 0 Å². The van der Waals surface area contributed by atoms with Crippen LogP contribution < -0.4 is 16.4 Å². The number of amides is 2. The number of aromatic nitrogens is 1. The molecule has 0 fully saturated rings. The number of nitrogens with two attached hydrogens (primary N) is 1. The Labute approximate surface area is 174 Å². The molecule has 0 saturated heterocycles. The number of halogens is 1. The minimum Gasteiger partial charge on any atom is -0.357 e. The largest absolute Gasteiger partial charge is 0.357 e. The summed E-state index contributed by atoms with van der Waals surface area (Å²) in [4.78, 5) is 29.2. The van der Waals surface area contributed by atoms with Crippen molar-refractivity contribution >= 4 is 22.7 Å². The van der Waals surface area contributed by atoms with Crippen molar-refractivity contribution in [3.8, 4) is 0 Å². The first kappa shape index (κ1) is 21.4. The number of carbonyl (C=O) groups is 2. The predicted octanol–water partition coefficient (Wildman–Crippen LogP) is 2.11. The van der Waals surface area contributed by atoms with Crippen LogP contribution in [0.25, 0.3) is 10.9 Å². The SMILES string of the molecule is CNC(=O)[C@@H](Cc1ccnc2ccccc12)NC(=O)CC(N)Cc1ccccc1F. The summed E-state index contributed by atoms with van der Waals surface area (Å²) in [6.45, 7) is 0. The number of rotatable bonds is 8. The molecule has 2 atom stereocenters. The van der Waals surface area contributed by atoms with Gasteiger partial charge in [-0.15, -0.1) is 0 Å². The van der Waals surface area contributed by atoms with Gasteiger partial charge in [0.2, 0.25) is 11.8 Å². The summed E-state index contributed by atoms with van der Waals surface area (Å²) >= 11 is 0. The highest BCUT2D eigenvalue weighted by Gasteiger charge is 2.22. The Hall–Kier alpha value is -3.32. The summed E-state index contributed by atoms with van der Waals surface area (Å²) in [6.07, 6.45) is 2.22. The van der Waals surface area contributed by atoms with Crippen molar-refractivity contribution in [3.05, 3.63) is 77.7 Å². The summed E-state index contributed by atoms with van der Waals surface area (Å²) in [5.41, 5.74) is 8.24. The Balaban J connectivity index is 1.68. The van der Waals surface area contributed by atoms with Crippen LogP contribution in [0.3, 0.4) is 0 Å². The maximum atomic E-state index is 13.8. The molecule has 0 aliphatic heterocycles. The maximum absolute atomic E-state index is 13.8. The highest BCUT2D eigenvalue weighted by molar-refractivity contribution is 5.89. The maximum Gasteiger partial charge on any atom is 0.242 e. The number of hydrogen-bond donors (Lipinski definition) is 3. The number of fused-ring (bicyclic) bond motifs is 1. The number of nitrogens with zero attached hydrogens (tertiary/aromatic N) is 1. The van der Waals surface area contributed by atoms with Gasteiger partial charge in [-0.2, -0.15) is 0 Å². The van der Waals surface area contributed by atoms with E-state index in [1.54, 1.807) is 24.4 Å². The van der Waals surface area contributed by atoms with E-state index in [0.29, 0.717) is 12.0 Å². The molecule has 2 amide bonds. The Bertz CT molecular complexity index is 1040. The first-order chi connectivity index (χ1) is 14.5. The fourth-order valence-corrected chi connectivity index (χ4v) is 3.45. The number of likely N-dealkylation sites (N-methyl/N-ethyl adjacent to an activating group) is 1. The number of nitrogens with one attached hydrogen (secondary N) is 2. The lowest BCUT2D eigenvalue weighted by Crippen LogP contribution is -2.48. The molecule has 0 aliphatic rings. The van der Waals surface area contributed by atoms with Crippen LogP contribution in [0.1, 0.15) is 17.5 Å². The van der Waals surface area contributed by atoms with Crippen molar-refractivity contribution in [2.45, 2.75) is 31.3 Å². The first-order valence-corrected chi connectivity index (χ1v) is 9.80. The second-order valence-electron chi connectivity index (χ2n) is 7.19. The molecule has 2 aromatic carbocycles. The standard InChI is InChI=1S/C23H25FN4O2/c1-26-23(30)21(13-15-10-11-27-20-9-5-3-7-18(15)20)28-22(29)14-17(25)12-16-6-2-4-8-19(16)24/h2-11,17,21H,12-14,25H2,1H3,(H,26,30)(H,28,29)/t17?,21-/m1/s1. The lowest BCUT2D eigenvalue weighted by molar-refractivity contribution is -0.128. The molecular weight excluding hydrogens is 383 g/mol. The molecule has 30 heavy (non-hydrogen) atoms. The molecule has 0 aliphatic carbocycles. The molecule has 0 radical (unpaired) electrons. The second-order valence-corrected chi connectivity index (χ2v) is 7.19. The van der Waals surface area contributed by atoms with E-state index in [0.717, 1.165) is 16.5 Å². The number of para-hydroxylation sites is 1. The Morgan fingerprint density at radius 3 is 2.53 bits per heavy atom. The van der Waals surface area contributed by atoms with Crippen LogP contribution in [-0.2, 0) is 22.4 Å². The van der Waals surface area contributed by atoms with Crippen molar-refractivity contribution in [2.24, 2.45) is 5.73 Å². The molecule has 1 unspecified atom stereocenters. The molecular formula is C23H25FN4O2. The summed E-state index contributed by atoms with van der Waals surface area (Å²) in [5.74, 6) is -1.00. The van der Waals surface area contributed by atoms with E-state index in [1.807, 2.05) is 30.3 Å². The van der Waals surface area contributed by atoms with Gasteiger partial charge in [0.15, 0.2) is 0 Å². The van der Waals surface area contributed by atoms with Gasteiger partial charge in [-0.25, -0.2) is 4.39 Å². The van der Waals surface area contributed by atoms with Crippen LogP contribution in [0.2, 0.25) is 0 Å². The smallest absolute Gasteiger partial charge is 0.242 e. The number of pyridine rings is 1. The zero-order valence-electron chi connectivity index (χ0n) is 16.8. The van der Waals surface area contributed by atoms with E-state index >= 15 is 0 Å². The second kappa shape index (κ2) is 9.93. The van der Waals surface area contributed by atoms with Crippen LogP contribution in [0.5, 0.6) is 0 Å². The Morgan fingerprint density at radius 2 is 1.77 bits per heavy atom. The molecule has 7 heteroatoms.